The van der Waals surface area contributed by atoms with E-state index in [1.807, 2.05) is 0 Å². The van der Waals surface area contributed by atoms with E-state index in [2.05, 4.69) is 229 Å². The fourth-order valence-corrected chi connectivity index (χ4v) is 8.94. The van der Waals surface area contributed by atoms with Crippen LogP contribution >= 0.6 is 0 Å². The Morgan fingerprint density at radius 2 is 0.719 bits per heavy atom. The van der Waals surface area contributed by atoms with Crippen LogP contribution in [0.15, 0.2) is 224 Å². The van der Waals surface area contributed by atoms with Crippen molar-refractivity contribution >= 4 is 70.9 Å². The standard InChI is InChI=1S/C56H37N/c1-2-14-40(15-3-1)54-37-55(50-24-10-11-25-52(50)56(54)51-27-13-20-39-17-5-8-22-48(39)51)57(45-35-32-43-29-28-41-18-6-9-23-49(41)53(43)36-45)44-33-30-42(31-34-44)47-26-12-19-38-16-4-7-21-46(38)47/h1-37H. The predicted octanol–water partition coefficient (Wildman–Crippen LogP) is 15.9. The van der Waals surface area contributed by atoms with Crippen molar-refractivity contribution in [2.45, 2.75) is 0 Å². The third kappa shape index (κ3) is 5.63. The second kappa shape index (κ2) is 13.7. The van der Waals surface area contributed by atoms with E-state index in [1.165, 1.54) is 87.2 Å². The molecule has 0 spiro atoms. The van der Waals surface area contributed by atoms with E-state index in [4.69, 9.17) is 0 Å². The maximum Gasteiger partial charge on any atom is 0.0546 e. The van der Waals surface area contributed by atoms with E-state index in [9.17, 15) is 0 Å². The number of nitrogens with zero attached hydrogens (tertiary/aromatic N) is 1. The summed E-state index contributed by atoms with van der Waals surface area (Å²) in [5.74, 6) is 0. The first-order valence-electron chi connectivity index (χ1n) is 19.7. The van der Waals surface area contributed by atoms with Gasteiger partial charge in [0.15, 0.2) is 0 Å². The molecule has 11 rings (SSSR count). The van der Waals surface area contributed by atoms with Gasteiger partial charge in [-0.1, -0.05) is 194 Å². The molecule has 57 heavy (non-hydrogen) atoms. The zero-order valence-electron chi connectivity index (χ0n) is 31.3. The van der Waals surface area contributed by atoms with Gasteiger partial charge in [0.1, 0.15) is 0 Å². The number of benzene rings is 11. The average molecular weight is 724 g/mol. The SMILES string of the molecule is c1ccc(-c2cc(N(c3ccc(-c4cccc5ccccc45)cc3)c3ccc4ccc5ccccc5c4c3)c3ccccc3c2-c2cccc3ccccc23)cc1. The Morgan fingerprint density at radius 1 is 0.246 bits per heavy atom. The van der Waals surface area contributed by atoms with E-state index in [0.717, 1.165) is 17.1 Å². The number of rotatable bonds is 6. The van der Waals surface area contributed by atoms with Crippen molar-refractivity contribution in [2.75, 3.05) is 4.90 Å². The minimum absolute atomic E-state index is 1.10. The minimum Gasteiger partial charge on any atom is -0.310 e. The summed E-state index contributed by atoms with van der Waals surface area (Å²) in [7, 11) is 0. The van der Waals surface area contributed by atoms with Crippen molar-refractivity contribution in [3.63, 3.8) is 0 Å². The normalized spacial score (nSPS) is 11.5. The molecule has 0 unspecified atom stereocenters. The van der Waals surface area contributed by atoms with Crippen LogP contribution in [0, 0.1) is 0 Å². The summed E-state index contributed by atoms with van der Waals surface area (Å²) in [5.41, 5.74) is 10.6. The molecule has 0 heterocycles. The van der Waals surface area contributed by atoms with Crippen molar-refractivity contribution in [2.24, 2.45) is 0 Å². The van der Waals surface area contributed by atoms with Crippen molar-refractivity contribution in [3.8, 4) is 33.4 Å². The number of hydrogen-bond donors (Lipinski definition) is 0. The maximum atomic E-state index is 2.47. The minimum atomic E-state index is 1.10. The van der Waals surface area contributed by atoms with Gasteiger partial charge in [-0.2, -0.15) is 0 Å². The van der Waals surface area contributed by atoms with Gasteiger partial charge in [-0.25, -0.2) is 0 Å². The molecule has 0 atom stereocenters. The molecule has 0 aliphatic carbocycles. The van der Waals surface area contributed by atoms with Crippen LogP contribution in [0.3, 0.4) is 0 Å². The summed E-state index contributed by atoms with van der Waals surface area (Å²) in [6.07, 6.45) is 0. The molecule has 0 radical (unpaired) electrons. The first kappa shape index (κ1) is 32.9. The molecule has 1 nitrogen and oxygen atoms in total. The smallest absolute Gasteiger partial charge is 0.0546 e. The van der Waals surface area contributed by atoms with Crippen LogP contribution in [0.25, 0.3) is 87.2 Å². The van der Waals surface area contributed by atoms with Crippen LogP contribution in [0.5, 0.6) is 0 Å². The molecule has 0 aliphatic rings. The molecule has 0 aromatic heterocycles. The zero-order chi connectivity index (χ0) is 37.7. The quantitative estimate of drug-likeness (QED) is 0.154. The van der Waals surface area contributed by atoms with Crippen LogP contribution in [-0.2, 0) is 0 Å². The van der Waals surface area contributed by atoms with Crippen LogP contribution in [0.2, 0.25) is 0 Å². The van der Waals surface area contributed by atoms with Gasteiger partial charge < -0.3 is 4.90 Å². The van der Waals surface area contributed by atoms with Gasteiger partial charge >= 0.3 is 0 Å². The lowest BCUT2D eigenvalue weighted by Gasteiger charge is -2.29. The molecule has 1 heteroatoms. The lowest BCUT2D eigenvalue weighted by molar-refractivity contribution is 1.30. The van der Waals surface area contributed by atoms with Gasteiger partial charge in [0.25, 0.3) is 0 Å². The highest BCUT2D eigenvalue weighted by Crippen LogP contribution is 2.49. The highest BCUT2D eigenvalue weighted by molar-refractivity contribution is 6.16. The van der Waals surface area contributed by atoms with E-state index >= 15 is 0 Å². The summed E-state index contributed by atoms with van der Waals surface area (Å²) in [4.78, 5) is 2.47. The lowest BCUT2D eigenvalue weighted by Crippen LogP contribution is -2.11. The van der Waals surface area contributed by atoms with E-state index in [1.54, 1.807) is 0 Å². The van der Waals surface area contributed by atoms with Gasteiger partial charge in [0, 0.05) is 16.8 Å². The summed E-state index contributed by atoms with van der Waals surface area (Å²) >= 11 is 0. The summed E-state index contributed by atoms with van der Waals surface area (Å²) in [5, 5.41) is 12.4. The van der Waals surface area contributed by atoms with Crippen molar-refractivity contribution in [3.05, 3.63) is 224 Å². The molecule has 0 saturated carbocycles. The Kier molecular flexibility index (Phi) is 7.89. The largest absolute Gasteiger partial charge is 0.310 e. The number of fused-ring (bicyclic) bond motifs is 6. The highest BCUT2D eigenvalue weighted by Gasteiger charge is 2.23. The van der Waals surface area contributed by atoms with E-state index in [0.29, 0.717) is 0 Å². The van der Waals surface area contributed by atoms with Gasteiger partial charge in [0.05, 0.1) is 5.69 Å². The van der Waals surface area contributed by atoms with Crippen molar-refractivity contribution in [1.82, 2.24) is 0 Å². The Bertz CT molecular complexity index is 3280. The first-order chi connectivity index (χ1) is 28.3. The second-order valence-corrected chi connectivity index (χ2v) is 14.9. The Hall–Kier alpha value is -7.48. The van der Waals surface area contributed by atoms with Crippen LogP contribution in [0.1, 0.15) is 0 Å². The Labute approximate surface area is 332 Å². The third-order valence-electron chi connectivity index (χ3n) is 11.6. The topological polar surface area (TPSA) is 3.24 Å². The number of anilines is 3. The highest BCUT2D eigenvalue weighted by atomic mass is 15.1. The monoisotopic (exact) mass is 723 g/mol. The molecule has 0 N–H and O–H groups in total. The van der Waals surface area contributed by atoms with Gasteiger partial charge in [-0.15, -0.1) is 0 Å². The van der Waals surface area contributed by atoms with Crippen LogP contribution < -0.4 is 4.90 Å². The summed E-state index contributed by atoms with van der Waals surface area (Å²) in [6.45, 7) is 0. The summed E-state index contributed by atoms with van der Waals surface area (Å²) in [6, 6.07) is 82.2. The fraction of sp³-hybridized carbons (Fsp3) is 0. The Morgan fingerprint density at radius 3 is 1.42 bits per heavy atom. The molecular formula is C56H37N. The van der Waals surface area contributed by atoms with Gasteiger partial charge in [-0.3, -0.25) is 0 Å². The molecule has 11 aromatic carbocycles. The molecule has 0 fully saturated rings. The third-order valence-corrected chi connectivity index (χ3v) is 11.6. The van der Waals surface area contributed by atoms with Crippen molar-refractivity contribution in [1.29, 1.82) is 0 Å². The molecule has 0 saturated heterocycles. The average Bonchev–Trinajstić information content (AvgIpc) is 3.29. The van der Waals surface area contributed by atoms with Gasteiger partial charge in [0.2, 0.25) is 0 Å². The first-order valence-corrected chi connectivity index (χ1v) is 19.7. The summed E-state index contributed by atoms with van der Waals surface area (Å²) < 4.78 is 0. The predicted molar refractivity (Wildman–Crippen MR) is 245 cm³/mol. The molecule has 11 aromatic rings. The van der Waals surface area contributed by atoms with Crippen LogP contribution in [-0.4, -0.2) is 0 Å². The number of hydrogen-bond acceptors (Lipinski definition) is 1. The molecule has 266 valence electrons. The zero-order valence-corrected chi connectivity index (χ0v) is 31.3. The molecule has 0 bridgehead atoms. The second-order valence-electron chi connectivity index (χ2n) is 14.9. The Balaban J connectivity index is 1.20. The lowest BCUT2D eigenvalue weighted by atomic mass is 9.86. The van der Waals surface area contributed by atoms with E-state index < -0.39 is 0 Å². The molecule has 0 aliphatic heterocycles. The van der Waals surface area contributed by atoms with Gasteiger partial charge in [-0.05, 0) is 112 Å². The van der Waals surface area contributed by atoms with Crippen LogP contribution in [0.4, 0.5) is 17.1 Å². The molecular weight excluding hydrogens is 687 g/mol. The molecule has 0 amide bonds. The maximum absolute atomic E-state index is 2.47. The fourth-order valence-electron chi connectivity index (χ4n) is 8.94. The van der Waals surface area contributed by atoms with Crippen molar-refractivity contribution < 1.29 is 0 Å². The van der Waals surface area contributed by atoms with E-state index in [-0.39, 0.29) is 0 Å².